The van der Waals surface area contributed by atoms with E-state index in [-0.39, 0.29) is 5.91 Å². The van der Waals surface area contributed by atoms with Crippen LogP contribution < -0.4 is 4.74 Å². The Hall–Kier alpha value is -1.67. The zero-order valence-electron chi connectivity index (χ0n) is 16.6. The fourth-order valence-corrected chi connectivity index (χ4v) is 4.56. The molecule has 28 heavy (non-hydrogen) atoms. The van der Waals surface area contributed by atoms with Crippen LogP contribution in [-0.2, 0) is 20.8 Å². The molecular formula is C21H30N2O5. The van der Waals surface area contributed by atoms with Gasteiger partial charge >= 0.3 is 0 Å². The number of rotatable bonds is 5. The van der Waals surface area contributed by atoms with Gasteiger partial charge in [-0.1, -0.05) is 12.1 Å². The minimum Gasteiger partial charge on any atom is -0.497 e. The minimum atomic E-state index is -1.32. The molecule has 3 saturated heterocycles. The quantitative estimate of drug-likeness (QED) is 0.819. The van der Waals surface area contributed by atoms with Crippen LogP contribution >= 0.6 is 0 Å². The summed E-state index contributed by atoms with van der Waals surface area (Å²) in [6.07, 6.45) is 2.88. The van der Waals surface area contributed by atoms with Gasteiger partial charge in [0.2, 0.25) is 0 Å². The van der Waals surface area contributed by atoms with Crippen LogP contribution in [0.3, 0.4) is 0 Å². The predicted molar refractivity (Wildman–Crippen MR) is 103 cm³/mol. The Kier molecular flexibility index (Phi) is 5.60. The number of aliphatic hydroxyl groups is 1. The van der Waals surface area contributed by atoms with Crippen molar-refractivity contribution in [2.24, 2.45) is 0 Å². The molecule has 1 aromatic carbocycles. The van der Waals surface area contributed by atoms with Gasteiger partial charge in [0.1, 0.15) is 5.75 Å². The first-order chi connectivity index (χ1) is 13.5. The van der Waals surface area contributed by atoms with Gasteiger partial charge in [-0.3, -0.25) is 9.69 Å². The van der Waals surface area contributed by atoms with Crippen LogP contribution in [0.5, 0.6) is 5.75 Å². The highest BCUT2D eigenvalue weighted by molar-refractivity contribution is 5.86. The topological polar surface area (TPSA) is 71.5 Å². The van der Waals surface area contributed by atoms with E-state index in [2.05, 4.69) is 4.90 Å². The van der Waals surface area contributed by atoms with E-state index in [0.717, 1.165) is 43.7 Å². The smallest absolute Gasteiger partial charge is 0.256 e. The lowest BCUT2D eigenvalue weighted by Gasteiger charge is -2.43. The van der Waals surface area contributed by atoms with Crippen molar-refractivity contribution >= 4 is 5.91 Å². The Labute approximate surface area is 166 Å². The molecule has 0 radical (unpaired) electrons. The van der Waals surface area contributed by atoms with E-state index in [0.29, 0.717) is 39.3 Å². The Balaban J connectivity index is 1.37. The van der Waals surface area contributed by atoms with Crippen molar-refractivity contribution < 1.29 is 24.1 Å². The number of hydrogen-bond donors (Lipinski definition) is 1. The first-order valence-electron chi connectivity index (χ1n) is 10.2. The Bertz CT molecular complexity index is 696. The average Bonchev–Trinajstić information content (AvgIpc) is 3.16. The number of β-amino-alcohol motifs (C(OH)–C–C–N with tert-alkyl or cyclic N) is 1. The molecule has 1 atom stereocenters. The number of methoxy groups -OCH3 is 1. The van der Waals surface area contributed by atoms with E-state index in [1.165, 1.54) is 0 Å². The molecule has 3 aliphatic heterocycles. The summed E-state index contributed by atoms with van der Waals surface area (Å²) in [6.45, 7) is 4.38. The lowest BCUT2D eigenvalue weighted by atomic mass is 9.89. The summed E-state index contributed by atoms with van der Waals surface area (Å²) in [4.78, 5) is 17.0. The van der Waals surface area contributed by atoms with Crippen molar-refractivity contribution in [1.82, 2.24) is 9.80 Å². The number of carbonyl (C=O) groups is 1. The third-order valence-electron chi connectivity index (χ3n) is 6.13. The molecule has 0 bridgehead atoms. The Morgan fingerprint density at radius 3 is 2.61 bits per heavy atom. The molecule has 4 rings (SSSR count). The van der Waals surface area contributed by atoms with Crippen molar-refractivity contribution in [1.29, 1.82) is 0 Å². The zero-order valence-corrected chi connectivity index (χ0v) is 16.6. The van der Waals surface area contributed by atoms with E-state index in [4.69, 9.17) is 14.2 Å². The van der Waals surface area contributed by atoms with E-state index >= 15 is 0 Å². The molecule has 0 unspecified atom stereocenters. The molecule has 1 N–H and O–H groups in total. The third kappa shape index (κ3) is 4.03. The molecule has 7 nitrogen and oxygen atoms in total. The Morgan fingerprint density at radius 2 is 1.89 bits per heavy atom. The first kappa shape index (κ1) is 19.6. The van der Waals surface area contributed by atoms with Crippen LogP contribution in [0.4, 0.5) is 0 Å². The van der Waals surface area contributed by atoms with Gasteiger partial charge in [-0.05, 0) is 30.5 Å². The monoisotopic (exact) mass is 390 g/mol. The van der Waals surface area contributed by atoms with Gasteiger partial charge in [-0.15, -0.1) is 0 Å². The first-order valence-corrected chi connectivity index (χ1v) is 10.2. The number of benzene rings is 1. The van der Waals surface area contributed by atoms with E-state index < -0.39 is 11.4 Å². The highest BCUT2D eigenvalue weighted by Crippen LogP contribution is 2.33. The van der Waals surface area contributed by atoms with Crippen LogP contribution in [0, 0.1) is 0 Å². The van der Waals surface area contributed by atoms with Crippen LogP contribution in [0.25, 0.3) is 0 Å². The molecule has 7 heteroatoms. The number of nitrogens with zero attached hydrogens (tertiary/aromatic N) is 2. The molecule has 3 heterocycles. The van der Waals surface area contributed by atoms with Crippen molar-refractivity contribution in [3.05, 3.63) is 29.8 Å². The van der Waals surface area contributed by atoms with Gasteiger partial charge < -0.3 is 24.2 Å². The SMILES string of the molecule is COc1cccc(CN2CCC[C@@](O)(CN3CCC4(CC3)OCCO4)C2=O)c1. The van der Waals surface area contributed by atoms with E-state index in [9.17, 15) is 9.90 Å². The standard InChI is InChI=1S/C21H30N2O5/c1-26-18-5-2-4-17(14-18)15-23-9-3-6-20(25,19(23)24)16-22-10-7-21(8-11-22)27-12-13-28-21/h2,4-5,14,25H,3,6-13,15-16H2,1H3/t20-/m1/s1. The normalized spacial score (nSPS) is 28.1. The second-order valence-electron chi connectivity index (χ2n) is 8.10. The predicted octanol–water partition coefficient (Wildman–Crippen LogP) is 1.39. The maximum absolute atomic E-state index is 13.1. The molecule has 0 aliphatic carbocycles. The van der Waals surface area contributed by atoms with Crippen LogP contribution in [0.1, 0.15) is 31.2 Å². The molecule has 3 fully saturated rings. The second-order valence-corrected chi connectivity index (χ2v) is 8.10. The van der Waals surface area contributed by atoms with Gasteiger partial charge in [0.15, 0.2) is 11.4 Å². The summed E-state index contributed by atoms with van der Waals surface area (Å²) >= 11 is 0. The maximum Gasteiger partial charge on any atom is 0.256 e. The van der Waals surface area contributed by atoms with Gasteiger partial charge in [-0.25, -0.2) is 0 Å². The maximum atomic E-state index is 13.1. The summed E-state index contributed by atoms with van der Waals surface area (Å²) in [5.41, 5.74) is -0.314. The highest BCUT2D eigenvalue weighted by atomic mass is 16.7. The molecule has 3 aliphatic rings. The summed E-state index contributed by atoms with van der Waals surface area (Å²) in [6, 6.07) is 7.73. The van der Waals surface area contributed by atoms with Crippen LogP contribution in [0.15, 0.2) is 24.3 Å². The Morgan fingerprint density at radius 1 is 1.14 bits per heavy atom. The van der Waals surface area contributed by atoms with Crippen molar-refractivity contribution in [3.63, 3.8) is 0 Å². The van der Waals surface area contributed by atoms with Gasteiger partial charge in [0.25, 0.3) is 5.91 Å². The molecular weight excluding hydrogens is 360 g/mol. The zero-order chi connectivity index (χ0) is 19.6. The fourth-order valence-electron chi connectivity index (χ4n) is 4.56. The number of amides is 1. The lowest BCUT2D eigenvalue weighted by molar-refractivity contribution is -0.191. The van der Waals surface area contributed by atoms with E-state index in [1.807, 2.05) is 24.3 Å². The molecule has 154 valence electrons. The second kappa shape index (κ2) is 7.99. The largest absolute Gasteiger partial charge is 0.497 e. The summed E-state index contributed by atoms with van der Waals surface area (Å²) in [5.74, 6) is 0.166. The summed E-state index contributed by atoms with van der Waals surface area (Å²) in [7, 11) is 1.63. The molecule has 1 spiro atoms. The number of hydrogen-bond acceptors (Lipinski definition) is 6. The molecule has 1 aromatic rings. The lowest BCUT2D eigenvalue weighted by Crippen LogP contribution is -2.59. The molecule has 1 amide bonds. The number of piperidine rings is 2. The number of carbonyl (C=O) groups excluding carboxylic acids is 1. The van der Waals surface area contributed by atoms with Crippen molar-refractivity contribution in [2.45, 2.75) is 43.6 Å². The van der Waals surface area contributed by atoms with Crippen LogP contribution in [0.2, 0.25) is 0 Å². The van der Waals surface area contributed by atoms with Crippen molar-refractivity contribution in [3.8, 4) is 5.75 Å². The average molecular weight is 390 g/mol. The molecule has 0 saturated carbocycles. The third-order valence-corrected chi connectivity index (χ3v) is 6.13. The van der Waals surface area contributed by atoms with Crippen molar-refractivity contribution in [2.75, 3.05) is 46.5 Å². The minimum absolute atomic E-state index is 0.171. The highest BCUT2D eigenvalue weighted by Gasteiger charge is 2.46. The number of likely N-dealkylation sites (tertiary alicyclic amines) is 2. The van der Waals surface area contributed by atoms with Gasteiger partial charge in [-0.2, -0.15) is 0 Å². The number of ether oxygens (including phenoxy) is 3. The summed E-state index contributed by atoms with van der Waals surface area (Å²) < 4.78 is 16.8. The molecule has 0 aromatic heterocycles. The fraction of sp³-hybridized carbons (Fsp3) is 0.667. The van der Waals surface area contributed by atoms with E-state index in [1.54, 1.807) is 12.0 Å². The summed E-state index contributed by atoms with van der Waals surface area (Å²) in [5, 5.41) is 11.2. The van der Waals surface area contributed by atoms with Gasteiger partial charge in [0.05, 0.1) is 20.3 Å². The van der Waals surface area contributed by atoms with Gasteiger partial charge in [0, 0.05) is 45.6 Å². The van der Waals surface area contributed by atoms with Crippen LogP contribution in [-0.4, -0.2) is 78.7 Å².